The lowest BCUT2D eigenvalue weighted by Gasteiger charge is -2.22. The molecule has 3 nitrogen and oxygen atoms in total. The van der Waals surface area contributed by atoms with E-state index >= 15 is 0 Å². The van der Waals surface area contributed by atoms with Gasteiger partial charge in [0.25, 0.3) is 0 Å². The molecule has 2 rings (SSSR count). The average molecular weight is 238 g/mol. The number of amidine groups is 1. The minimum atomic E-state index is 0.144. The lowest BCUT2D eigenvalue weighted by atomic mass is 10.2. The predicted molar refractivity (Wildman–Crippen MR) is 68.1 cm³/mol. The van der Waals surface area contributed by atoms with Crippen molar-refractivity contribution in [3.05, 3.63) is 34.9 Å². The van der Waals surface area contributed by atoms with E-state index in [9.17, 15) is 0 Å². The first-order chi connectivity index (χ1) is 7.68. The summed E-state index contributed by atoms with van der Waals surface area (Å²) in [6.45, 7) is 4.59. The summed E-state index contributed by atoms with van der Waals surface area (Å²) in [5.74, 6) is 0.975. The van der Waals surface area contributed by atoms with Gasteiger partial charge >= 0.3 is 0 Å². The van der Waals surface area contributed by atoms with Crippen LogP contribution in [-0.2, 0) is 0 Å². The van der Waals surface area contributed by atoms with E-state index in [0.717, 1.165) is 36.1 Å². The van der Waals surface area contributed by atoms with Gasteiger partial charge in [-0.25, -0.2) is 0 Å². The van der Waals surface area contributed by atoms with E-state index in [1.54, 1.807) is 0 Å². The fraction of sp³-hybridized carbons (Fsp3) is 0.417. The summed E-state index contributed by atoms with van der Waals surface area (Å²) in [7, 11) is 0. The maximum atomic E-state index is 6.17. The van der Waals surface area contributed by atoms with Crippen LogP contribution in [0.2, 0.25) is 5.02 Å². The van der Waals surface area contributed by atoms with Gasteiger partial charge in [0.1, 0.15) is 5.84 Å². The Morgan fingerprint density at radius 2 is 2.25 bits per heavy atom. The third-order valence-electron chi connectivity index (χ3n) is 2.55. The Bertz CT molecular complexity index is 401. The molecular weight excluding hydrogens is 222 g/mol. The Morgan fingerprint density at radius 1 is 1.50 bits per heavy atom. The maximum absolute atomic E-state index is 6.17. The van der Waals surface area contributed by atoms with Crippen molar-refractivity contribution < 1.29 is 0 Å². The number of rotatable bonds is 3. The molecule has 86 valence electrons. The van der Waals surface area contributed by atoms with Gasteiger partial charge in [-0.15, -0.1) is 0 Å². The third kappa shape index (κ3) is 2.36. The molecule has 0 aromatic heterocycles. The number of hydrogen-bond acceptors (Lipinski definition) is 3. The van der Waals surface area contributed by atoms with Crippen molar-refractivity contribution in [2.24, 2.45) is 10.7 Å². The minimum Gasteiger partial charge on any atom is -0.353 e. The van der Waals surface area contributed by atoms with Crippen LogP contribution in [0.5, 0.6) is 0 Å². The van der Waals surface area contributed by atoms with Crippen molar-refractivity contribution in [1.82, 2.24) is 4.90 Å². The molecule has 0 fully saturated rings. The van der Waals surface area contributed by atoms with Crippen molar-refractivity contribution in [3.63, 3.8) is 0 Å². The van der Waals surface area contributed by atoms with E-state index in [1.165, 1.54) is 0 Å². The smallest absolute Gasteiger partial charge is 0.132 e. The standard InChI is InChI=1S/C12H16ClN3/c1-9(14)8-16-7-6-15-12(16)10-4-2-3-5-11(10)13/h2-5,9H,6-8,14H2,1H3. The molecule has 0 saturated heterocycles. The molecule has 0 spiro atoms. The summed E-state index contributed by atoms with van der Waals surface area (Å²) in [5.41, 5.74) is 6.82. The summed E-state index contributed by atoms with van der Waals surface area (Å²) in [4.78, 5) is 6.70. The van der Waals surface area contributed by atoms with Crippen molar-refractivity contribution in [3.8, 4) is 0 Å². The number of aliphatic imine (C=N–C) groups is 1. The Kier molecular flexibility index (Phi) is 3.46. The Labute approximate surface area is 101 Å². The Hall–Kier alpha value is -1.06. The highest BCUT2D eigenvalue weighted by Gasteiger charge is 2.20. The summed E-state index contributed by atoms with van der Waals surface area (Å²) < 4.78 is 0. The summed E-state index contributed by atoms with van der Waals surface area (Å²) in [6, 6.07) is 7.94. The zero-order valence-electron chi connectivity index (χ0n) is 9.36. The van der Waals surface area contributed by atoms with E-state index in [2.05, 4.69) is 9.89 Å². The molecule has 1 aromatic carbocycles. The molecule has 0 amide bonds. The zero-order chi connectivity index (χ0) is 11.5. The second-order valence-corrected chi connectivity index (χ2v) is 4.52. The van der Waals surface area contributed by atoms with Gasteiger partial charge in [-0.3, -0.25) is 4.99 Å². The van der Waals surface area contributed by atoms with Gasteiger partial charge < -0.3 is 10.6 Å². The molecule has 1 heterocycles. The van der Waals surface area contributed by atoms with Crippen LogP contribution >= 0.6 is 11.6 Å². The second-order valence-electron chi connectivity index (χ2n) is 4.11. The molecular formula is C12H16ClN3. The maximum Gasteiger partial charge on any atom is 0.132 e. The first kappa shape index (κ1) is 11.4. The minimum absolute atomic E-state index is 0.144. The molecule has 0 saturated carbocycles. The van der Waals surface area contributed by atoms with Gasteiger partial charge in [0.15, 0.2) is 0 Å². The van der Waals surface area contributed by atoms with Crippen molar-refractivity contribution in [2.45, 2.75) is 13.0 Å². The topological polar surface area (TPSA) is 41.6 Å². The highest BCUT2D eigenvalue weighted by molar-refractivity contribution is 6.34. The normalized spacial score (nSPS) is 17.4. The fourth-order valence-electron chi connectivity index (χ4n) is 1.91. The van der Waals surface area contributed by atoms with Gasteiger partial charge in [0.2, 0.25) is 0 Å². The van der Waals surface area contributed by atoms with Crippen LogP contribution in [0.4, 0.5) is 0 Å². The lowest BCUT2D eigenvalue weighted by molar-refractivity contribution is 0.426. The van der Waals surface area contributed by atoms with Crippen molar-refractivity contribution in [1.29, 1.82) is 0 Å². The Balaban J connectivity index is 2.23. The van der Waals surface area contributed by atoms with Gasteiger partial charge in [-0.1, -0.05) is 23.7 Å². The van der Waals surface area contributed by atoms with E-state index in [1.807, 2.05) is 31.2 Å². The monoisotopic (exact) mass is 237 g/mol. The predicted octanol–water partition coefficient (Wildman–Crippen LogP) is 1.75. The fourth-order valence-corrected chi connectivity index (χ4v) is 2.13. The van der Waals surface area contributed by atoms with Gasteiger partial charge in [0, 0.05) is 24.7 Å². The first-order valence-electron chi connectivity index (χ1n) is 5.48. The third-order valence-corrected chi connectivity index (χ3v) is 2.88. The van der Waals surface area contributed by atoms with Crippen LogP contribution in [0.3, 0.4) is 0 Å². The molecule has 0 bridgehead atoms. The zero-order valence-corrected chi connectivity index (χ0v) is 10.1. The van der Waals surface area contributed by atoms with Crippen LogP contribution in [0.15, 0.2) is 29.3 Å². The number of benzene rings is 1. The van der Waals surface area contributed by atoms with Gasteiger partial charge in [-0.05, 0) is 19.1 Å². The van der Waals surface area contributed by atoms with Crippen LogP contribution in [-0.4, -0.2) is 36.4 Å². The summed E-state index contributed by atoms with van der Waals surface area (Å²) >= 11 is 6.17. The number of nitrogens with two attached hydrogens (primary N) is 1. The van der Waals surface area contributed by atoms with Crippen LogP contribution in [0.1, 0.15) is 12.5 Å². The summed E-state index contributed by atoms with van der Waals surface area (Å²) in [6.07, 6.45) is 0. The summed E-state index contributed by atoms with van der Waals surface area (Å²) in [5, 5.41) is 0.748. The number of halogens is 1. The van der Waals surface area contributed by atoms with Gasteiger partial charge in [-0.2, -0.15) is 0 Å². The molecule has 1 aromatic rings. The first-order valence-corrected chi connectivity index (χ1v) is 5.86. The number of hydrogen-bond donors (Lipinski definition) is 1. The lowest BCUT2D eigenvalue weighted by Crippen LogP contribution is -2.38. The second kappa shape index (κ2) is 4.85. The average Bonchev–Trinajstić information content (AvgIpc) is 2.66. The molecule has 2 N–H and O–H groups in total. The van der Waals surface area contributed by atoms with Crippen LogP contribution < -0.4 is 5.73 Å². The molecule has 0 aliphatic carbocycles. The molecule has 1 atom stereocenters. The van der Waals surface area contributed by atoms with E-state index < -0.39 is 0 Å². The molecule has 0 radical (unpaired) electrons. The van der Waals surface area contributed by atoms with Gasteiger partial charge in [0.05, 0.1) is 11.6 Å². The molecule has 4 heteroatoms. The highest BCUT2D eigenvalue weighted by atomic mass is 35.5. The van der Waals surface area contributed by atoms with Crippen molar-refractivity contribution in [2.75, 3.05) is 19.6 Å². The van der Waals surface area contributed by atoms with E-state index in [-0.39, 0.29) is 6.04 Å². The van der Waals surface area contributed by atoms with Crippen molar-refractivity contribution >= 4 is 17.4 Å². The van der Waals surface area contributed by atoms with E-state index in [0.29, 0.717) is 0 Å². The molecule has 16 heavy (non-hydrogen) atoms. The van der Waals surface area contributed by atoms with E-state index in [4.69, 9.17) is 17.3 Å². The SMILES string of the molecule is CC(N)CN1CCN=C1c1ccccc1Cl. The van der Waals surface area contributed by atoms with Crippen LogP contribution in [0, 0.1) is 0 Å². The molecule has 1 aliphatic rings. The molecule has 1 aliphatic heterocycles. The molecule has 1 unspecified atom stereocenters. The quantitative estimate of drug-likeness (QED) is 0.870. The highest BCUT2D eigenvalue weighted by Crippen LogP contribution is 2.20. The number of nitrogens with zero attached hydrogens (tertiary/aromatic N) is 2. The largest absolute Gasteiger partial charge is 0.353 e. The Morgan fingerprint density at radius 3 is 2.94 bits per heavy atom. The van der Waals surface area contributed by atoms with Crippen LogP contribution in [0.25, 0.3) is 0 Å².